The second-order valence-electron chi connectivity index (χ2n) is 8.61. The molecule has 26 heavy (non-hydrogen) atoms. The summed E-state index contributed by atoms with van der Waals surface area (Å²) in [5.74, 6) is 0.0165. The summed E-state index contributed by atoms with van der Waals surface area (Å²) in [7, 11) is 0. The zero-order valence-corrected chi connectivity index (χ0v) is 15.7. The Bertz CT molecular complexity index is 636. The lowest BCUT2D eigenvalue weighted by Gasteiger charge is -2.48. The van der Waals surface area contributed by atoms with Crippen LogP contribution in [0.15, 0.2) is 34.9 Å². The van der Waals surface area contributed by atoms with Crippen molar-refractivity contribution in [3.05, 3.63) is 34.9 Å². The van der Waals surface area contributed by atoms with Gasteiger partial charge in [-0.05, 0) is 62.5 Å². The monoisotopic (exact) mass is 364 g/mol. The first-order valence-electron chi connectivity index (χ1n) is 9.67. The molecule has 0 spiro atoms. The first-order chi connectivity index (χ1) is 12.2. The van der Waals surface area contributed by atoms with Gasteiger partial charge in [-0.2, -0.15) is 0 Å². The molecule has 1 fully saturated rings. The van der Waals surface area contributed by atoms with Crippen LogP contribution in [0.2, 0.25) is 0 Å². The maximum absolute atomic E-state index is 11.1. The molecular formula is C21H32O5. The van der Waals surface area contributed by atoms with Gasteiger partial charge in [0.25, 0.3) is 0 Å². The predicted molar refractivity (Wildman–Crippen MR) is 99.3 cm³/mol. The van der Waals surface area contributed by atoms with Gasteiger partial charge in [0.05, 0.1) is 24.4 Å². The summed E-state index contributed by atoms with van der Waals surface area (Å²) >= 11 is 0. The summed E-state index contributed by atoms with van der Waals surface area (Å²) in [6, 6.07) is 0. The Balaban J connectivity index is 1.89. The highest BCUT2D eigenvalue weighted by Gasteiger charge is 2.61. The van der Waals surface area contributed by atoms with Crippen molar-refractivity contribution in [1.29, 1.82) is 0 Å². The summed E-state index contributed by atoms with van der Waals surface area (Å²) in [6.07, 6.45) is 7.47. The Morgan fingerprint density at radius 1 is 1.27 bits per heavy atom. The average Bonchev–Trinajstić information content (AvgIpc) is 2.86. The number of hydrogen-bond donors (Lipinski definition) is 5. The van der Waals surface area contributed by atoms with E-state index in [9.17, 15) is 25.5 Å². The molecule has 0 amide bonds. The van der Waals surface area contributed by atoms with E-state index in [2.05, 4.69) is 6.92 Å². The lowest BCUT2D eigenvalue weighted by molar-refractivity contribution is -0.165. The Kier molecular flexibility index (Phi) is 5.48. The first kappa shape index (κ1) is 19.8. The molecule has 5 heteroatoms. The highest BCUT2D eigenvalue weighted by atomic mass is 16.4. The molecule has 0 bridgehead atoms. The van der Waals surface area contributed by atoms with Crippen LogP contribution in [-0.4, -0.2) is 56.1 Å². The van der Waals surface area contributed by atoms with Crippen molar-refractivity contribution in [2.45, 2.75) is 76.3 Å². The van der Waals surface area contributed by atoms with Gasteiger partial charge in [0.1, 0.15) is 6.10 Å². The van der Waals surface area contributed by atoms with Gasteiger partial charge >= 0.3 is 0 Å². The number of hydrogen-bond acceptors (Lipinski definition) is 5. The topological polar surface area (TPSA) is 101 Å². The van der Waals surface area contributed by atoms with Crippen molar-refractivity contribution in [2.75, 3.05) is 6.61 Å². The maximum Gasteiger partial charge on any atom is 0.106 e. The second-order valence-corrected chi connectivity index (χ2v) is 8.61. The van der Waals surface area contributed by atoms with E-state index < -0.39 is 29.8 Å². The molecule has 6 atom stereocenters. The van der Waals surface area contributed by atoms with Crippen LogP contribution in [0.4, 0.5) is 0 Å². The summed E-state index contributed by atoms with van der Waals surface area (Å²) in [5, 5.41) is 51.1. The minimum Gasteiger partial charge on any atom is -0.394 e. The fraction of sp³-hybridized carbons (Fsp3) is 0.714. The lowest BCUT2D eigenvalue weighted by Crippen LogP contribution is -2.56. The van der Waals surface area contributed by atoms with Crippen LogP contribution in [0.5, 0.6) is 0 Å². The van der Waals surface area contributed by atoms with Crippen molar-refractivity contribution >= 4 is 0 Å². The molecule has 0 aromatic carbocycles. The molecule has 1 saturated carbocycles. The standard InChI is InChI=1S/C21H32O5/c1-13-3-6-16(23)9-14(13)4-5-15-10-17(24)11-20(2)18(15)7-8-21(20,26)19(25)12-22/h4-5,10,16-19,22-26H,3,6-9,11-12H2,1-2H3/b5-4+/t16-,17-,18-,19-,20-,21-/m0/s1. The van der Waals surface area contributed by atoms with Crippen LogP contribution in [0, 0.1) is 11.3 Å². The van der Waals surface area contributed by atoms with Gasteiger partial charge in [0, 0.05) is 5.41 Å². The van der Waals surface area contributed by atoms with Crippen molar-refractivity contribution in [1.82, 2.24) is 0 Å². The molecule has 0 aliphatic heterocycles. The third-order valence-corrected chi connectivity index (χ3v) is 7.05. The van der Waals surface area contributed by atoms with E-state index in [0.29, 0.717) is 25.7 Å². The molecule has 3 rings (SSSR count). The van der Waals surface area contributed by atoms with Crippen molar-refractivity contribution in [3.8, 4) is 0 Å². The zero-order valence-electron chi connectivity index (χ0n) is 15.7. The van der Waals surface area contributed by atoms with Crippen molar-refractivity contribution in [3.63, 3.8) is 0 Å². The average molecular weight is 364 g/mol. The largest absolute Gasteiger partial charge is 0.394 e. The molecule has 0 saturated heterocycles. The lowest BCUT2D eigenvalue weighted by atomic mass is 9.61. The molecule has 146 valence electrons. The number of fused-ring (bicyclic) bond motifs is 1. The van der Waals surface area contributed by atoms with E-state index in [1.807, 2.05) is 25.2 Å². The zero-order chi connectivity index (χ0) is 19.1. The quantitative estimate of drug-likeness (QED) is 0.522. The molecule has 0 aromatic rings. The fourth-order valence-corrected chi connectivity index (χ4v) is 5.31. The van der Waals surface area contributed by atoms with Gasteiger partial charge in [-0.15, -0.1) is 0 Å². The van der Waals surface area contributed by atoms with Gasteiger partial charge in [0.2, 0.25) is 0 Å². The van der Waals surface area contributed by atoms with E-state index in [4.69, 9.17) is 0 Å². The Morgan fingerprint density at radius 3 is 2.69 bits per heavy atom. The Labute approximate surface area is 155 Å². The first-order valence-corrected chi connectivity index (χ1v) is 9.67. The van der Waals surface area contributed by atoms with Crippen LogP contribution in [0.25, 0.3) is 0 Å². The highest BCUT2D eigenvalue weighted by Crippen LogP contribution is 2.59. The molecule has 5 N–H and O–H groups in total. The van der Waals surface area contributed by atoms with E-state index in [1.54, 1.807) is 0 Å². The van der Waals surface area contributed by atoms with Crippen LogP contribution >= 0.6 is 0 Å². The minimum atomic E-state index is -1.41. The third-order valence-electron chi connectivity index (χ3n) is 7.05. The maximum atomic E-state index is 11.1. The molecule has 0 unspecified atom stereocenters. The van der Waals surface area contributed by atoms with Crippen molar-refractivity contribution in [2.24, 2.45) is 11.3 Å². The molecule has 0 radical (unpaired) electrons. The van der Waals surface area contributed by atoms with Crippen LogP contribution in [0.3, 0.4) is 0 Å². The highest BCUT2D eigenvalue weighted by molar-refractivity contribution is 5.38. The van der Waals surface area contributed by atoms with Gasteiger partial charge in [0.15, 0.2) is 0 Å². The van der Waals surface area contributed by atoms with E-state index in [-0.39, 0.29) is 12.0 Å². The summed E-state index contributed by atoms with van der Waals surface area (Å²) in [4.78, 5) is 0. The van der Waals surface area contributed by atoms with E-state index in [1.165, 1.54) is 5.57 Å². The van der Waals surface area contributed by atoms with E-state index in [0.717, 1.165) is 24.0 Å². The summed E-state index contributed by atoms with van der Waals surface area (Å²) in [6.45, 7) is 3.50. The summed E-state index contributed by atoms with van der Waals surface area (Å²) < 4.78 is 0. The number of allylic oxidation sites excluding steroid dienone is 4. The summed E-state index contributed by atoms with van der Waals surface area (Å²) in [5.41, 5.74) is 1.28. The van der Waals surface area contributed by atoms with Crippen LogP contribution < -0.4 is 0 Å². The minimum absolute atomic E-state index is 0.0165. The predicted octanol–water partition coefficient (Wildman–Crippen LogP) is 1.60. The van der Waals surface area contributed by atoms with Crippen LogP contribution in [0.1, 0.15) is 52.4 Å². The van der Waals surface area contributed by atoms with Crippen molar-refractivity contribution < 1.29 is 25.5 Å². The van der Waals surface area contributed by atoms with Gasteiger partial charge in [-0.3, -0.25) is 0 Å². The smallest absolute Gasteiger partial charge is 0.106 e. The Hall–Kier alpha value is -0.980. The van der Waals surface area contributed by atoms with E-state index >= 15 is 0 Å². The molecular weight excluding hydrogens is 332 g/mol. The number of aliphatic hydroxyl groups is 5. The van der Waals surface area contributed by atoms with Crippen LogP contribution in [-0.2, 0) is 0 Å². The van der Waals surface area contributed by atoms with Gasteiger partial charge < -0.3 is 25.5 Å². The third kappa shape index (κ3) is 3.20. The second kappa shape index (κ2) is 7.21. The Morgan fingerprint density at radius 2 is 2.00 bits per heavy atom. The molecule has 0 aromatic heterocycles. The fourth-order valence-electron chi connectivity index (χ4n) is 5.31. The molecule has 3 aliphatic carbocycles. The molecule has 5 nitrogen and oxygen atoms in total. The van der Waals surface area contributed by atoms with Gasteiger partial charge in [-0.25, -0.2) is 0 Å². The molecule has 0 heterocycles. The number of rotatable bonds is 4. The van der Waals surface area contributed by atoms with Gasteiger partial charge in [-0.1, -0.05) is 30.7 Å². The number of aliphatic hydroxyl groups excluding tert-OH is 4. The molecule has 3 aliphatic rings. The normalized spacial score (nSPS) is 42.1. The SMILES string of the molecule is CC1=C(/C=C/C2=C[C@H](O)C[C@@]3(C)[C@H]2CC[C@]3(O)[C@@H](O)CO)C[C@@H](O)CC1.